The second kappa shape index (κ2) is 4.60. The van der Waals surface area contributed by atoms with E-state index in [9.17, 15) is 10.1 Å². The number of nitro benzene ring substituents is 1. The van der Waals surface area contributed by atoms with Crippen LogP contribution in [-0.2, 0) is 6.42 Å². The van der Waals surface area contributed by atoms with Gasteiger partial charge in [-0.05, 0) is 19.3 Å². The van der Waals surface area contributed by atoms with Crippen LogP contribution in [0.25, 0.3) is 0 Å². The predicted molar refractivity (Wildman–Crippen MR) is 51.4 cm³/mol. The molecule has 0 atom stereocenters. The van der Waals surface area contributed by atoms with Gasteiger partial charge >= 0.3 is 0 Å². The minimum absolute atomic E-state index is 0.226. The molecule has 13 heavy (non-hydrogen) atoms. The molecule has 0 heterocycles. The first kappa shape index (κ1) is 9.71. The van der Waals surface area contributed by atoms with Gasteiger partial charge in [0, 0.05) is 11.6 Å². The maximum atomic E-state index is 10.6. The fourth-order valence-corrected chi connectivity index (χ4v) is 1.20. The molecular weight excluding hydrogens is 166 g/mol. The lowest BCUT2D eigenvalue weighted by Gasteiger charge is -2.00. The number of rotatable bonds is 4. The van der Waals surface area contributed by atoms with Crippen LogP contribution in [0.4, 0.5) is 5.69 Å². The number of unbranched alkanes of at least 4 members (excludes halogenated alkanes) is 1. The summed E-state index contributed by atoms with van der Waals surface area (Å²) in [6.07, 6.45) is 3.63. The van der Waals surface area contributed by atoms with Gasteiger partial charge in [0.1, 0.15) is 0 Å². The van der Waals surface area contributed by atoms with Gasteiger partial charge in [0.05, 0.1) is 4.92 Å². The van der Waals surface area contributed by atoms with Crippen molar-refractivity contribution in [3.05, 3.63) is 46.4 Å². The summed E-state index contributed by atoms with van der Waals surface area (Å²) in [5.74, 6) is 0. The van der Waals surface area contributed by atoms with Crippen molar-refractivity contribution in [2.45, 2.75) is 19.8 Å². The zero-order chi connectivity index (χ0) is 9.68. The molecule has 69 valence electrons. The summed E-state index contributed by atoms with van der Waals surface area (Å²) in [4.78, 5) is 10.3. The molecule has 1 radical (unpaired) electrons. The summed E-state index contributed by atoms with van der Waals surface area (Å²) in [6.45, 7) is 1.95. The SMILES string of the molecule is C[CH]CCc1ccccc1[N+](=O)[O-]. The van der Waals surface area contributed by atoms with E-state index in [4.69, 9.17) is 0 Å². The average Bonchev–Trinajstić information content (AvgIpc) is 2.15. The van der Waals surface area contributed by atoms with Crippen LogP contribution in [0.3, 0.4) is 0 Å². The second-order valence-corrected chi connectivity index (χ2v) is 2.83. The molecule has 3 nitrogen and oxygen atoms in total. The monoisotopic (exact) mass is 178 g/mol. The molecule has 0 aromatic heterocycles. The van der Waals surface area contributed by atoms with Crippen molar-refractivity contribution in [3.8, 4) is 0 Å². The van der Waals surface area contributed by atoms with Crippen molar-refractivity contribution in [3.63, 3.8) is 0 Å². The number of hydrogen-bond donors (Lipinski definition) is 0. The Morgan fingerprint density at radius 2 is 2.15 bits per heavy atom. The Morgan fingerprint density at radius 3 is 2.77 bits per heavy atom. The highest BCUT2D eigenvalue weighted by atomic mass is 16.6. The largest absolute Gasteiger partial charge is 0.272 e. The van der Waals surface area contributed by atoms with E-state index >= 15 is 0 Å². The summed E-state index contributed by atoms with van der Waals surface area (Å²) in [5.41, 5.74) is 1.04. The molecule has 0 unspecified atom stereocenters. The molecule has 0 amide bonds. The lowest BCUT2D eigenvalue weighted by molar-refractivity contribution is -0.385. The van der Waals surface area contributed by atoms with Gasteiger partial charge < -0.3 is 0 Å². The molecule has 0 bridgehead atoms. The third-order valence-electron chi connectivity index (χ3n) is 1.89. The van der Waals surface area contributed by atoms with Gasteiger partial charge in [0.15, 0.2) is 0 Å². The van der Waals surface area contributed by atoms with Crippen LogP contribution in [-0.4, -0.2) is 4.92 Å². The second-order valence-electron chi connectivity index (χ2n) is 2.83. The Kier molecular flexibility index (Phi) is 3.43. The number of nitro groups is 1. The molecule has 0 spiro atoms. The van der Waals surface area contributed by atoms with E-state index in [1.165, 1.54) is 0 Å². The van der Waals surface area contributed by atoms with Crippen molar-refractivity contribution in [1.82, 2.24) is 0 Å². The Labute approximate surface area is 77.5 Å². The number of benzene rings is 1. The Balaban J connectivity index is 2.84. The van der Waals surface area contributed by atoms with Crippen LogP contribution < -0.4 is 0 Å². The summed E-state index contributed by atoms with van der Waals surface area (Å²) < 4.78 is 0. The van der Waals surface area contributed by atoms with E-state index in [0.29, 0.717) is 0 Å². The highest BCUT2D eigenvalue weighted by Crippen LogP contribution is 2.19. The molecule has 1 aromatic rings. The van der Waals surface area contributed by atoms with E-state index in [1.54, 1.807) is 12.1 Å². The number of aryl methyl sites for hydroxylation is 1. The summed E-state index contributed by atoms with van der Waals surface area (Å²) in [6, 6.07) is 6.88. The summed E-state index contributed by atoms with van der Waals surface area (Å²) >= 11 is 0. The number of para-hydroxylation sites is 1. The molecule has 0 aliphatic heterocycles. The van der Waals surface area contributed by atoms with Crippen LogP contribution in [0, 0.1) is 16.5 Å². The maximum Gasteiger partial charge on any atom is 0.272 e. The topological polar surface area (TPSA) is 43.1 Å². The quantitative estimate of drug-likeness (QED) is 0.525. The summed E-state index contributed by atoms with van der Waals surface area (Å²) in [5, 5.41) is 10.6. The van der Waals surface area contributed by atoms with E-state index in [1.807, 2.05) is 25.5 Å². The van der Waals surface area contributed by atoms with E-state index < -0.39 is 0 Å². The minimum atomic E-state index is -0.328. The molecular formula is C10H12NO2. The van der Waals surface area contributed by atoms with E-state index in [-0.39, 0.29) is 10.6 Å². The van der Waals surface area contributed by atoms with Gasteiger partial charge in [-0.15, -0.1) is 0 Å². The standard InChI is InChI=1S/C10H12NO2/c1-2-3-6-9-7-4-5-8-10(9)11(12)13/h2,4-5,7-8H,3,6H2,1H3. The molecule has 3 heteroatoms. The highest BCUT2D eigenvalue weighted by Gasteiger charge is 2.10. The van der Waals surface area contributed by atoms with E-state index in [2.05, 4.69) is 0 Å². The number of nitrogens with zero attached hydrogens (tertiary/aromatic N) is 1. The predicted octanol–water partition coefficient (Wildman–Crippen LogP) is 2.75. The molecule has 0 saturated heterocycles. The lowest BCUT2D eigenvalue weighted by atomic mass is 10.1. The molecule has 1 aromatic carbocycles. The average molecular weight is 178 g/mol. The molecule has 1 rings (SSSR count). The zero-order valence-corrected chi connectivity index (χ0v) is 7.56. The van der Waals surface area contributed by atoms with E-state index in [0.717, 1.165) is 18.4 Å². The zero-order valence-electron chi connectivity index (χ0n) is 7.56. The first-order chi connectivity index (χ1) is 6.25. The van der Waals surface area contributed by atoms with Crippen molar-refractivity contribution >= 4 is 5.69 Å². The summed E-state index contributed by atoms with van der Waals surface area (Å²) in [7, 11) is 0. The third kappa shape index (κ3) is 2.54. The fraction of sp³-hybridized carbons (Fsp3) is 0.300. The molecule has 0 saturated carbocycles. The van der Waals surface area contributed by atoms with Crippen LogP contribution >= 0.6 is 0 Å². The van der Waals surface area contributed by atoms with Crippen LogP contribution in [0.15, 0.2) is 24.3 Å². The smallest absolute Gasteiger partial charge is 0.258 e. The Morgan fingerprint density at radius 1 is 1.46 bits per heavy atom. The van der Waals surface area contributed by atoms with Gasteiger partial charge in [-0.1, -0.05) is 25.1 Å². The van der Waals surface area contributed by atoms with Crippen LogP contribution in [0.1, 0.15) is 18.9 Å². The van der Waals surface area contributed by atoms with Gasteiger partial charge in [0.25, 0.3) is 5.69 Å². The first-order valence-corrected chi connectivity index (χ1v) is 4.26. The molecule has 0 fully saturated rings. The first-order valence-electron chi connectivity index (χ1n) is 4.26. The highest BCUT2D eigenvalue weighted by molar-refractivity contribution is 5.39. The van der Waals surface area contributed by atoms with Gasteiger partial charge in [-0.25, -0.2) is 0 Å². The molecule has 0 N–H and O–H groups in total. The van der Waals surface area contributed by atoms with Crippen LogP contribution in [0.2, 0.25) is 0 Å². The fourth-order valence-electron chi connectivity index (χ4n) is 1.20. The minimum Gasteiger partial charge on any atom is -0.258 e. The van der Waals surface area contributed by atoms with Crippen molar-refractivity contribution in [1.29, 1.82) is 0 Å². The molecule has 0 aliphatic carbocycles. The van der Waals surface area contributed by atoms with Crippen LogP contribution in [0.5, 0.6) is 0 Å². The van der Waals surface area contributed by atoms with Crippen molar-refractivity contribution in [2.24, 2.45) is 0 Å². The van der Waals surface area contributed by atoms with Crippen molar-refractivity contribution < 1.29 is 4.92 Å². The Hall–Kier alpha value is -1.38. The molecule has 0 aliphatic rings. The number of hydrogen-bond acceptors (Lipinski definition) is 2. The van der Waals surface area contributed by atoms with Gasteiger partial charge in [-0.3, -0.25) is 10.1 Å². The van der Waals surface area contributed by atoms with Gasteiger partial charge in [0.2, 0.25) is 0 Å². The maximum absolute atomic E-state index is 10.6. The van der Waals surface area contributed by atoms with Crippen molar-refractivity contribution in [2.75, 3.05) is 0 Å². The normalized spacial score (nSPS) is 9.92. The Bertz CT molecular complexity index is 297. The lowest BCUT2D eigenvalue weighted by Crippen LogP contribution is -1.94. The van der Waals surface area contributed by atoms with Gasteiger partial charge in [-0.2, -0.15) is 0 Å². The third-order valence-corrected chi connectivity index (χ3v) is 1.89.